The Morgan fingerprint density at radius 2 is 1.65 bits per heavy atom. The lowest BCUT2D eigenvalue weighted by Gasteiger charge is -2.37. The van der Waals surface area contributed by atoms with Gasteiger partial charge in [-0.3, -0.25) is 9.59 Å². The van der Waals surface area contributed by atoms with Crippen LogP contribution >= 0.6 is 11.6 Å². The maximum absolute atomic E-state index is 12.7. The number of methoxy groups -OCH3 is 1. The highest BCUT2D eigenvalue weighted by Gasteiger charge is 2.29. The van der Waals surface area contributed by atoms with Crippen LogP contribution in [0.5, 0.6) is 0 Å². The first kappa shape index (κ1) is 23.2. The molecule has 2 heterocycles. The zero-order valence-corrected chi connectivity index (χ0v) is 18.9. The smallest absolute Gasteiger partial charge is 0.318 e. The van der Waals surface area contributed by atoms with Gasteiger partial charge in [-0.15, -0.1) is 0 Å². The Bertz CT molecular complexity index is 772. The normalized spacial score (nSPS) is 18.5. The van der Waals surface area contributed by atoms with Crippen molar-refractivity contribution in [3.63, 3.8) is 0 Å². The fraction of sp³-hybridized carbons (Fsp3) is 0.591. The van der Waals surface area contributed by atoms with Gasteiger partial charge in [0.25, 0.3) is 0 Å². The first-order valence-corrected chi connectivity index (χ1v) is 11.2. The maximum Gasteiger partial charge on any atom is 0.318 e. The fourth-order valence-electron chi connectivity index (χ4n) is 4.11. The SMILES string of the molecule is COC(=O)CC1CCN(C(=O)[C@@H](C)NC(=O)N2CCN(c3ccc(Cl)cc3)CC2)CC1. The molecule has 0 saturated carbocycles. The molecule has 9 heteroatoms. The standard InChI is InChI=1S/C22H31ClN4O4/c1-16(21(29)26-9-7-17(8-10-26)15-20(28)31-2)24-22(30)27-13-11-25(12-14-27)19-5-3-18(23)4-6-19/h3-6,16-17H,7-15H2,1-2H3,(H,24,30)/t16-/m1/s1. The number of carbonyl (C=O) groups is 3. The van der Waals surface area contributed by atoms with E-state index in [1.807, 2.05) is 24.3 Å². The third kappa shape index (κ3) is 6.26. The number of esters is 1. The summed E-state index contributed by atoms with van der Waals surface area (Å²) in [5, 5.41) is 3.55. The Kier molecular flexibility index (Phi) is 8.01. The lowest BCUT2D eigenvalue weighted by atomic mass is 9.93. The van der Waals surface area contributed by atoms with Gasteiger partial charge in [-0.05, 0) is 49.9 Å². The number of hydrogen-bond donors (Lipinski definition) is 1. The number of nitrogens with one attached hydrogen (secondary N) is 1. The molecule has 1 atom stereocenters. The molecular weight excluding hydrogens is 420 g/mol. The van der Waals surface area contributed by atoms with E-state index in [1.54, 1.807) is 16.7 Å². The first-order chi connectivity index (χ1) is 14.9. The van der Waals surface area contributed by atoms with Crippen molar-refractivity contribution in [1.82, 2.24) is 15.1 Å². The number of piperazine rings is 1. The number of rotatable bonds is 5. The van der Waals surface area contributed by atoms with Crippen LogP contribution in [0.3, 0.4) is 0 Å². The van der Waals surface area contributed by atoms with Gasteiger partial charge in [0.05, 0.1) is 7.11 Å². The van der Waals surface area contributed by atoms with E-state index in [-0.39, 0.29) is 23.8 Å². The molecule has 2 aliphatic heterocycles. The van der Waals surface area contributed by atoms with Crippen LogP contribution in [-0.2, 0) is 14.3 Å². The van der Waals surface area contributed by atoms with Gasteiger partial charge >= 0.3 is 12.0 Å². The Balaban J connectivity index is 1.41. The number of halogens is 1. The number of urea groups is 1. The molecule has 3 rings (SSSR count). The first-order valence-electron chi connectivity index (χ1n) is 10.8. The number of carbonyl (C=O) groups excluding carboxylic acids is 3. The van der Waals surface area contributed by atoms with E-state index in [4.69, 9.17) is 16.3 Å². The van der Waals surface area contributed by atoms with Crippen molar-refractivity contribution in [1.29, 1.82) is 0 Å². The minimum absolute atomic E-state index is 0.0790. The Morgan fingerprint density at radius 3 is 2.23 bits per heavy atom. The van der Waals surface area contributed by atoms with Gasteiger partial charge in [0.2, 0.25) is 5.91 Å². The average molecular weight is 451 g/mol. The molecule has 0 radical (unpaired) electrons. The van der Waals surface area contributed by atoms with E-state index in [0.717, 1.165) is 31.6 Å². The number of hydrogen-bond acceptors (Lipinski definition) is 5. The molecule has 0 bridgehead atoms. The van der Waals surface area contributed by atoms with E-state index in [1.165, 1.54) is 7.11 Å². The second kappa shape index (κ2) is 10.7. The van der Waals surface area contributed by atoms with Crippen molar-refractivity contribution >= 4 is 35.2 Å². The van der Waals surface area contributed by atoms with Crippen molar-refractivity contribution < 1.29 is 19.1 Å². The summed E-state index contributed by atoms with van der Waals surface area (Å²) in [7, 11) is 1.39. The Morgan fingerprint density at radius 1 is 1.03 bits per heavy atom. The Hall–Kier alpha value is -2.48. The van der Waals surface area contributed by atoms with Gasteiger partial charge < -0.3 is 24.8 Å². The molecule has 0 unspecified atom stereocenters. The lowest BCUT2D eigenvalue weighted by molar-refractivity contribution is -0.142. The minimum Gasteiger partial charge on any atom is -0.469 e. The number of amides is 3. The van der Waals surface area contributed by atoms with Crippen molar-refractivity contribution in [3.05, 3.63) is 29.3 Å². The van der Waals surface area contributed by atoms with Crippen LogP contribution in [0.1, 0.15) is 26.2 Å². The second-order valence-corrected chi connectivity index (χ2v) is 8.61. The van der Waals surface area contributed by atoms with E-state index in [9.17, 15) is 14.4 Å². The number of piperidine rings is 1. The van der Waals surface area contributed by atoms with Gasteiger partial charge in [0, 0.05) is 56.4 Å². The molecule has 1 aromatic carbocycles. The molecule has 1 N–H and O–H groups in total. The predicted molar refractivity (Wildman–Crippen MR) is 119 cm³/mol. The topological polar surface area (TPSA) is 82.2 Å². The second-order valence-electron chi connectivity index (χ2n) is 8.17. The summed E-state index contributed by atoms with van der Waals surface area (Å²) in [5.41, 5.74) is 1.09. The quantitative estimate of drug-likeness (QED) is 0.696. The molecule has 31 heavy (non-hydrogen) atoms. The predicted octanol–water partition coefficient (Wildman–Crippen LogP) is 2.36. The summed E-state index contributed by atoms with van der Waals surface area (Å²) in [5.74, 6) is -0.0374. The minimum atomic E-state index is -0.584. The zero-order chi connectivity index (χ0) is 22.4. The molecular formula is C22H31ClN4O4. The average Bonchev–Trinajstić information content (AvgIpc) is 2.79. The molecule has 0 aromatic heterocycles. The third-order valence-electron chi connectivity index (χ3n) is 6.08. The number of benzene rings is 1. The van der Waals surface area contributed by atoms with E-state index in [2.05, 4.69) is 10.2 Å². The highest BCUT2D eigenvalue weighted by atomic mass is 35.5. The zero-order valence-electron chi connectivity index (χ0n) is 18.2. The summed E-state index contributed by atoms with van der Waals surface area (Å²) < 4.78 is 4.72. The summed E-state index contributed by atoms with van der Waals surface area (Å²) in [6.07, 6.45) is 1.94. The van der Waals surface area contributed by atoms with Crippen molar-refractivity contribution in [2.75, 3.05) is 51.3 Å². The van der Waals surface area contributed by atoms with E-state index < -0.39 is 6.04 Å². The van der Waals surface area contributed by atoms with Crippen molar-refractivity contribution in [2.24, 2.45) is 5.92 Å². The van der Waals surface area contributed by atoms with E-state index in [0.29, 0.717) is 37.6 Å². The molecule has 0 spiro atoms. The molecule has 2 aliphatic rings. The summed E-state index contributed by atoms with van der Waals surface area (Å²) in [6, 6.07) is 6.89. The van der Waals surface area contributed by atoms with Crippen LogP contribution < -0.4 is 10.2 Å². The molecule has 2 saturated heterocycles. The highest BCUT2D eigenvalue weighted by Crippen LogP contribution is 2.22. The largest absolute Gasteiger partial charge is 0.469 e. The van der Waals surface area contributed by atoms with Crippen LogP contribution in [0, 0.1) is 5.92 Å². The van der Waals surface area contributed by atoms with Gasteiger partial charge in [0.1, 0.15) is 6.04 Å². The monoisotopic (exact) mass is 450 g/mol. The van der Waals surface area contributed by atoms with Gasteiger partial charge in [-0.1, -0.05) is 11.6 Å². The van der Waals surface area contributed by atoms with Gasteiger partial charge in [-0.25, -0.2) is 4.79 Å². The maximum atomic E-state index is 12.7. The molecule has 170 valence electrons. The van der Waals surface area contributed by atoms with Gasteiger partial charge in [-0.2, -0.15) is 0 Å². The van der Waals surface area contributed by atoms with Crippen LogP contribution in [0.15, 0.2) is 24.3 Å². The van der Waals surface area contributed by atoms with Crippen LogP contribution in [0.4, 0.5) is 10.5 Å². The highest BCUT2D eigenvalue weighted by molar-refractivity contribution is 6.30. The molecule has 3 amide bonds. The van der Waals surface area contributed by atoms with E-state index >= 15 is 0 Å². The molecule has 1 aromatic rings. The third-order valence-corrected chi connectivity index (χ3v) is 6.33. The number of anilines is 1. The summed E-state index contributed by atoms with van der Waals surface area (Å²) in [4.78, 5) is 42.6. The van der Waals surface area contributed by atoms with Gasteiger partial charge in [0.15, 0.2) is 0 Å². The molecule has 2 fully saturated rings. The fourth-order valence-corrected chi connectivity index (χ4v) is 4.23. The Labute approximate surface area is 188 Å². The molecule has 8 nitrogen and oxygen atoms in total. The van der Waals surface area contributed by atoms with Crippen LogP contribution in [0.25, 0.3) is 0 Å². The lowest BCUT2D eigenvalue weighted by Crippen LogP contribution is -2.56. The molecule has 0 aliphatic carbocycles. The number of likely N-dealkylation sites (tertiary alicyclic amines) is 1. The van der Waals surface area contributed by atoms with Crippen molar-refractivity contribution in [3.8, 4) is 0 Å². The number of ether oxygens (including phenoxy) is 1. The van der Waals surface area contributed by atoms with Crippen LogP contribution in [0.2, 0.25) is 5.02 Å². The summed E-state index contributed by atoms with van der Waals surface area (Å²) >= 11 is 5.95. The van der Waals surface area contributed by atoms with Crippen molar-refractivity contribution in [2.45, 2.75) is 32.2 Å². The summed E-state index contributed by atoms with van der Waals surface area (Å²) in [6.45, 7) is 5.56. The number of nitrogens with zero attached hydrogens (tertiary/aromatic N) is 3. The van der Waals surface area contributed by atoms with Crippen LogP contribution in [-0.4, -0.2) is 80.1 Å².